The molecule has 1 aromatic rings. The van der Waals surface area contributed by atoms with Crippen LogP contribution in [0.2, 0.25) is 0 Å². The van der Waals surface area contributed by atoms with E-state index in [-0.39, 0.29) is 5.79 Å². The minimum Gasteiger partial charge on any atom is -0.347 e. The molecule has 1 aliphatic carbocycles. The van der Waals surface area contributed by atoms with E-state index in [1.54, 1.807) is 24.2 Å². The molecule has 0 aromatic carbocycles. The molecule has 1 saturated heterocycles. The smallest absolute Gasteiger partial charge is 0.187 e. The molecule has 116 valence electrons. The minimum atomic E-state index is -0.364. The maximum Gasteiger partial charge on any atom is 0.187 e. The molecule has 1 N–H and O–H groups in total. The van der Waals surface area contributed by atoms with Gasteiger partial charge in [-0.2, -0.15) is 0 Å². The molecule has 1 spiro atoms. The predicted molar refractivity (Wildman–Crippen MR) is 82.2 cm³/mol. The van der Waals surface area contributed by atoms with Gasteiger partial charge in [0.25, 0.3) is 0 Å². The lowest BCUT2D eigenvalue weighted by Crippen LogP contribution is -2.49. The highest BCUT2D eigenvalue weighted by molar-refractivity contribution is 7.99. The summed E-state index contributed by atoms with van der Waals surface area (Å²) >= 11 is 1.74. The van der Waals surface area contributed by atoms with Gasteiger partial charge in [0.1, 0.15) is 0 Å². The number of ether oxygens (including phenoxy) is 2. The topological polar surface area (TPSA) is 56.3 Å². The molecular formula is C15H23N3O2S. The lowest BCUT2D eigenvalue weighted by atomic mass is 9.89. The molecule has 0 amide bonds. The van der Waals surface area contributed by atoms with Crippen LogP contribution in [0.1, 0.15) is 32.6 Å². The van der Waals surface area contributed by atoms with Gasteiger partial charge in [0.2, 0.25) is 0 Å². The molecule has 6 heteroatoms. The quantitative estimate of drug-likeness (QED) is 0.842. The fourth-order valence-corrected chi connectivity index (χ4v) is 4.29. The number of thioether (sulfide) groups is 1. The van der Waals surface area contributed by atoms with Gasteiger partial charge in [-0.15, -0.1) is 0 Å². The SMILES string of the molecule is CCCNC1CCC2(CC1Sc1ncccn1)OCCO2. The van der Waals surface area contributed by atoms with E-state index >= 15 is 0 Å². The average molecular weight is 309 g/mol. The number of hydrogen-bond donors (Lipinski definition) is 1. The first-order valence-corrected chi connectivity index (χ1v) is 8.64. The molecule has 2 fully saturated rings. The van der Waals surface area contributed by atoms with Gasteiger partial charge in [-0.05, 0) is 25.5 Å². The Morgan fingerprint density at radius 1 is 1.33 bits per heavy atom. The molecule has 2 aliphatic rings. The van der Waals surface area contributed by atoms with Crippen molar-refractivity contribution in [2.75, 3.05) is 19.8 Å². The Balaban J connectivity index is 1.69. The zero-order valence-electron chi connectivity index (χ0n) is 12.5. The zero-order valence-corrected chi connectivity index (χ0v) is 13.3. The predicted octanol–water partition coefficient (Wildman–Crippen LogP) is 2.23. The Hall–Kier alpha value is -0.690. The Morgan fingerprint density at radius 2 is 2.10 bits per heavy atom. The Morgan fingerprint density at radius 3 is 2.81 bits per heavy atom. The number of rotatable bonds is 5. The average Bonchev–Trinajstić information content (AvgIpc) is 2.96. The lowest BCUT2D eigenvalue weighted by Gasteiger charge is -2.40. The highest BCUT2D eigenvalue weighted by Gasteiger charge is 2.45. The summed E-state index contributed by atoms with van der Waals surface area (Å²) < 4.78 is 11.8. The molecule has 1 aliphatic heterocycles. The summed E-state index contributed by atoms with van der Waals surface area (Å²) in [6, 6.07) is 2.32. The van der Waals surface area contributed by atoms with Crippen molar-refractivity contribution in [3.05, 3.63) is 18.5 Å². The Labute approximate surface area is 130 Å². The van der Waals surface area contributed by atoms with Crippen molar-refractivity contribution in [3.63, 3.8) is 0 Å². The minimum absolute atomic E-state index is 0.364. The van der Waals surface area contributed by atoms with Gasteiger partial charge in [-0.1, -0.05) is 18.7 Å². The van der Waals surface area contributed by atoms with E-state index in [0.717, 1.165) is 37.4 Å². The number of nitrogens with one attached hydrogen (secondary N) is 1. The lowest BCUT2D eigenvalue weighted by molar-refractivity contribution is -0.178. The molecule has 1 saturated carbocycles. The summed E-state index contributed by atoms with van der Waals surface area (Å²) in [4.78, 5) is 8.69. The summed E-state index contributed by atoms with van der Waals surface area (Å²) in [5, 5.41) is 4.87. The molecule has 21 heavy (non-hydrogen) atoms. The number of hydrogen-bond acceptors (Lipinski definition) is 6. The third-order valence-corrected chi connectivity index (χ3v) is 5.29. The first kappa shape index (κ1) is 15.2. The third-order valence-electron chi connectivity index (χ3n) is 4.07. The molecular weight excluding hydrogens is 286 g/mol. The van der Waals surface area contributed by atoms with Crippen molar-refractivity contribution < 1.29 is 9.47 Å². The van der Waals surface area contributed by atoms with E-state index in [0.29, 0.717) is 24.5 Å². The summed E-state index contributed by atoms with van der Waals surface area (Å²) in [7, 11) is 0. The van der Waals surface area contributed by atoms with Crippen LogP contribution in [0.5, 0.6) is 0 Å². The van der Waals surface area contributed by atoms with Crippen LogP contribution in [-0.4, -0.2) is 46.8 Å². The van der Waals surface area contributed by atoms with Gasteiger partial charge in [0.05, 0.1) is 13.2 Å². The third kappa shape index (κ3) is 3.74. The van der Waals surface area contributed by atoms with Crippen molar-refractivity contribution in [2.45, 2.75) is 54.8 Å². The molecule has 0 radical (unpaired) electrons. The molecule has 0 bridgehead atoms. The normalized spacial score (nSPS) is 28.0. The highest BCUT2D eigenvalue weighted by Crippen LogP contribution is 2.41. The Kier molecular flexibility index (Phi) is 5.11. The van der Waals surface area contributed by atoms with Gasteiger partial charge in [-0.25, -0.2) is 9.97 Å². The summed E-state index contributed by atoms with van der Waals surface area (Å²) in [5.41, 5.74) is 0. The van der Waals surface area contributed by atoms with Crippen LogP contribution in [0.3, 0.4) is 0 Å². The standard InChI is InChI=1S/C15H23N3O2S/c1-2-6-16-12-4-5-15(19-9-10-20-15)11-13(12)21-14-17-7-3-8-18-14/h3,7-8,12-13,16H,2,4-6,9-11H2,1H3. The van der Waals surface area contributed by atoms with Crippen LogP contribution in [0.25, 0.3) is 0 Å². The van der Waals surface area contributed by atoms with Gasteiger partial charge < -0.3 is 14.8 Å². The fourth-order valence-electron chi connectivity index (χ4n) is 3.04. The Bertz CT molecular complexity index is 440. The van der Waals surface area contributed by atoms with Crippen molar-refractivity contribution in [2.24, 2.45) is 0 Å². The number of nitrogens with zero attached hydrogens (tertiary/aromatic N) is 2. The van der Waals surface area contributed by atoms with Crippen LogP contribution in [0.15, 0.2) is 23.6 Å². The van der Waals surface area contributed by atoms with E-state index in [4.69, 9.17) is 9.47 Å². The van der Waals surface area contributed by atoms with Crippen LogP contribution in [0.4, 0.5) is 0 Å². The second-order valence-electron chi connectivity index (χ2n) is 5.60. The summed E-state index contributed by atoms with van der Waals surface area (Å²) in [6.45, 7) is 4.67. The van der Waals surface area contributed by atoms with Crippen molar-refractivity contribution in [1.82, 2.24) is 15.3 Å². The van der Waals surface area contributed by atoms with E-state index in [1.165, 1.54) is 0 Å². The van der Waals surface area contributed by atoms with Gasteiger partial charge in [0, 0.05) is 36.5 Å². The maximum atomic E-state index is 5.90. The van der Waals surface area contributed by atoms with Crippen molar-refractivity contribution >= 4 is 11.8 Å². The van der Waals surface area contributed by atoms with Crippen LogP contribution in [-0.2, 0) is 9.47 Å². The molecule has 1 aromatic heterocycles. The van der Waals surface area contributed by atoms with E-state index in [1.807, 2.05) is 6.07 Å². The van der Waals surface area contributed by atoms with Gasteiger partial charge in [-0.3, -0.25) is 0 Å². The second kappa shape index (κ2) is 7.05. The van der Waals surface area contributed by atoms with E-state index in [9.17, 15) is 0 Å². The zero-order chi connectivity index (χ0) is 14.5. The van der Waals surface area contributed by atoms with E-state index < -0.39 is 0 Å². The monoisotopic (exact) mass is 309 g/mol. The molecule has 3 rings (SSSR count). The van der Waals surface area contributed by atoms with Crippen molar-refractivity contribution in [3.8, 4) is 0 Å². The van der Waals surface area contributed by atoms with Gasteiger partial charge >= 0.3 is 0 Å². The summed E-state index contributed by atoms with van der Waals surface area (Å²) in [6.07, 6.45) is 7.69. The summed E-state index contributed by atoms with van der Waals surface area (Å²) in [5.74, 6) is -0.364. The number of aromatic nitrogens is 2. The highest BCUT2D eigenvalue weighted by atomic mass is 32.2. The molecule has 2 heterocycles. The molecule has 2 atom stereocenters. The maximum absolute atomic E-state index is 5.90. The van der Waals surface area contributed by atoms with Crippen LogP contribution < -0.4 is 5.32 Å². The second-order valence-corrected chi connectivity index (χ2v) is 6.81. The van der Waals surface area contributed by atoms with Crippen LogP contribution in [0, 0.1) is 0 Å². The largest absolute Gasteiger partial charge is 0.347 e. The molecule has 5 nitrogen and oxygen atoms in total. The van der Waals surface area contributed by atoms with Gasteiger partial charge in [0.15, 0.2) is 10.9 Å². The first-order valence-electron chi connectivity index (χ1n) is 7.76. The van der Waals surface area contributed by atoms with Crippen molar-refractivity contribution in [1.29, 1.82) is 0 Å². The molecule has 2 unspecified atom stereocenters. The first-order chi connectivity index (χ1) is 10.3. The van der Waals surface area contributed by atoms with Crippen LogP contribution >= 0.6 is 11.8 Å². The fraction of sp³-hybridized carbons (Fsp3) is 0.733. The van der Waals surface area contributed by atoms with E-state index in [2.05, 4.69) is 22.2 Å².